The first-order valence-corrected chi connectivity index (χ1v) is 7.80. The molecule has 1 aromatic rings. The fourth-order valence-electron chi connectivity index (χ4n) is 3.63. The number of carbonyl (C=O) groups excluding carboxylic acids is 1. The van der Waals surface area contributed by atoms with E-state index >= 15 is 0 Å². The summed E-state index contributed by atoms with van der Waals surface area (Å²) in [6, 6.07) is 4.04. The van der Waals surface area contributed by atoms with Crippen LogP contribution >= 0.6 is 0 Å². The van der Waals surface area contributed by atoms with E-state index in [4.69, 9.17) is 4.74 Å². The van der Waals surface area contributed by atoms with Crippen LogP contribution in [0.2, 0.25) is 0 Å². The molecule has 21 heavy (non-hydrogen) atoms. The Hall–Kier alpha value is -1.35. The van der Waals surface area contributed by atoms with Crippen LogP contribution in [-0.2, 0) is 0 Å². The molecule has 2 rings (SSSR count). The predicted molar refractivity (Wildman–Crippen MR) is 86.3 cm³/mol. The zero-order chi connectivity index (χ0) is 15.6. The second kappa shape index (κ2) is 6.18. The molecular formula is C18H27NO2. The Kier molecular flexibility index (Phi) is 4.72. The van der Waals surface area contributed by atoms with Gasteiger partial charge >= 0.3 is 0 Å². The summed E-state index contributed by atoms with van der Waals surface area (Å²) in [5, 5.41) is 0. The number of Topliss-reactive ketones (excluding diaryl/α,β-unsaturated/α-hetero) is 1. The summed E-state index contributed by atoms with van der Waals surface area (Å²) >= 11 is 0. The van der Waals surface area contributed by atoms with Crippen molar-refractivity contribution in [3.8, 4) is 5.75 Å². The van der Waals surface area contributed by atoms with Crippen molar-refractivity contribution < 1.29 is 9.53 Å². The van der Waals surface area contributed by atoms with Crippen LogP contribution in [0.5, 0.6) is 5.75 Å². The number of rotatable bonds is 4. The van der Waals surface area contributed by atoms with Gasteiger partial charge < -0.3 is 4.74 Å². The van der Waals surface area contributed by atoms with Crippen LogP contribution in [0.15, 0.2) is 12.1 Å². The van der Waals surface area contributed by atoms with Crippen molar-refractivity contribution in [3.05, 3.63) is 28.8 Å². The van der Waals surface area contributed by atoms with Crippen LogP contribution in [0.4, 0.5) is 0 Å². The Morgan fingerprint density at radius 1 is 1.14 bits per heavy atom. The number of methoxy groups -OCH3 is 1. The SMILES string of the molecule is COc1cc(C)cc(C)c1C(=O)C1(N(C)C)CCCCC1. The van der Waals surface area contributed by atoms with Crippen LogP contribution in [0.3, 0.4) is 0 Å². The maximum atomic E-state index is 13.4. The lowest BCUT2D eigenvalue weighted by Crippen LogP contribution is -2.52. The molecule has 0 aliphatic heterocycles. The van der Waals surface area contributed by atoms with E-state index in [2.05, 4.69) is 11.0 Å². The number of ketones is 1. The first kappa shape index (κ1) is 16.0. The normalized spacial score (nSPS) is 17.8. The number of nitrogens with zero attached hydrogens (tertiary/aromatic N) is 1. The molecule has 0 heterocycles. The maximum Gasteiger partial charge on any atom is 0.187 e. The van der Waals surface area contributed by atoms with Crippen LogP contribution in [-0.4, -0.2) is 37.4 Å². The molecule has 1 aliphatic rings. The third-order valence-electron chi connectivity index (χ3n) is 4.85. The molecule has 0 radical (unpaired) electrons. The lowest BCUT2D eigenvalue weighted by molar-refractivity contribution is 0.0560. The number of hydrogen-bond donors (Lipinski definition) is 0. The maximum absolute atomic E-state index is 13.4. The molecule has 3 nitrogen and oxygen atoms in total. The van der Waals surface area contributed by atoms with Crippen LogP contribution < -0.4 is 4.74 Å². The first-order valence-electron chi connectivity index (χ1n) is 7.80. The Morgan fingerprint density at radius 2 is 1.76 bits per heavy atom. The van der Waals surface area contributed by atoms with Crippen molar-refractivity contribution in [2.75, 3.05) is 21.2 Å². The number of ether oxygens (including phenoxy) is 1. The summed E-state index contributed by atoms with van der Waals surface area (Å²) in [7, 11) is 5.70. The summed E-state index contributed by atoms with van der Waals surface area (Å²) in [6.45, 7) is 4.04. The standard InChI is InChI=1S/C18H27NO2/c1-13-11-14(2)16(15(12-13)21-5)17(20)18(19(3)4)9-7-6-8-10-18/h11-12H,6-10H2,1-5H3. The summed E-state index contributed by atoms with van der Waals surface area (Å²) in [5.41, 5.74) is 2.54. The average Bonchev–Trinajstić information content (AvgIpc) is 2.46. The Labute approximate surface area is 128 Å². The second-order valence-electron chi connectivity index (χ2n) is 6.47. The van der Waals surface area contributed by atoms with Crippen LogP contribution in [0.1, 0.15) is 53.6 Å². The molecule has 1 fully saturated rings. The highest BCUT2D eigenvalue weighted by atomic mass is 16.5. The van der Waals surface area contributed by atoms with E-state index in [-0.39, 0.29) is 11.3 Å². The van der Waals surface area contributed by atoms with Crippen molar-refractivity contribution in [3.63, 3.8) is 0 Å². The van der Waals surface area contributed by atoms with Gasteiger partial charge in [-0.15, -0.1) is 0 Å². The Bertz CT molecular complexity index is 528. The van der Waals surface area contributed by atoms with Gasteiger partial charge in [0.25, 0.3) is 0 Å². The van der Waals surface area contributed by atoms with Crippen molar-refractivity contribution in [2.45, 2.75) is 51.5 Å². The van der Waals surface area contributed by atoms with Crippen LogP contribution in [0.25, 0.3) is 0 Å². The van der Waals surface area contributed by atoms with E-state index in [1.165, 1.54) is 6.42 Å². The molecule has 0 spiro atoms. The lowest BCUT2D eigenvalue weighted by atomic mass is 9.74. The zero-order valence-electron chi connectivity index (χ0n) is 14.0. The third-order valence-corrected chi connectivity index (χ3v) is 4.85. The van der Waals surface area contributed by atoms with E-state index < -0.39 is 0 Å². The Balaban J connectivity index is 2.51. The van der Waals surface area contributed by atoms with Gasteiger partial charge in [0, 0.05) is 0 Å². The van der Waals surface area contributed by atoms with E-state index in [0.717, 1.165) is 42.4 Å². The molecule has 0 bridgehead atoms. The Morgan fingerprint density at radius 3 is 2.29 bits per heavy atom. The van der Waals surface area contributed by atoms with Gasteiger partial charge in [-0.2, -0.15) is 0 Å². The van der Waals surface area contributed by atoms with Gasteiger partial charge in [-0.05, 0) is 58.0 Å². The minimum absolute atomic E-state index is 0.224. The topological polar surface area (TPSA) is 29.5 Å². The van der Waals surface area contributed by atoms with E-state index in [1.54, 1.807) is 7.11 Å². The van der Waals surface area contributed by atoms with E-state index in [1.807, 2.05) is 34.0 Å². The molecule has 0 atom stereocenters. The molecule has 0 amide bonds. The van der Waals surface area contributed by atoms with Gasteiger partial charge in [-0.3, -0.25) is 9.69 Å². The van der Waals surface area contributed by atoms with Gasteiger partial charge in [-0.1, -0.05) is 25.3 Å². The van der Waals surface area contributed by atoms with Crippen LogP contribution in [0, 0.1) is 13.8 Å². The minimum atomic E-state index is -0.369. The highest BCUT2D eigenvalue weighted by Crippen LogP contribution is 2.38. The van der Waals surface area contributed by atoms with Crippen molar-refractivity contribution in [1.29, 1.82) is 0 Å². The minimum Gasteiger partial charge on any atom is -0.496 e. The number of carbonyl (C=O) groups is 1. The fourth-order valence-corrected chi connectivity index (χ4v) is 3.63. The first-order chi connectivity index (χ1) is 9.92. The third kappa shape index (κ3) is 2.84. The molecule has 0 saturated heterocycles. The summed E-state index contributed by atoms with van der Waals surface area (Å²) < 4.78 is 5.50. The monoisotopic (exact) mass is 289 g/mol. The van der Waals surface area contributed by atoms with Gasteiger partial charge in [0.1, 0.15) is 5.75 Å². The molecule has 0 aromatic heterocycles. The van der Waals surface area contributed by atoms with Gasteiger partial charge in [-0.25, -0.2) is 0 Å². The molecule has 0 unspecified atom stereocenters. The molecule has 3 heteroatoms. The summed E-state index contributed by atoms with van der Waals surface area (Å²) in [4.78, 5) is 15.5. The van der Waals surface area contributed by atoms with E-state index in [0.29, 0.717) is 5.75 Å². The molecule has 1 saturated carbocycles. The molecule has 1 aromatic carbocycles. The number of hydrogen-bond acceptors (Lipinski definition) is 3. The molecule has 0 N–H and O–H groups in total. The molecule has 1 aliphatic carbocycles. The highest BCUT2D eigenvalue weighted by Gasteiger charge is 2.43. The van der Waals surface area contributed by atoms with Crippen molar-refractivity contribution in [1.82, 2.24) is 4.90 Å². The average molecular weight is 289 g/mol. The molecular weight excluding hydrogens is 262 g/mol. The quantitative estimate of drug-likeness (QED) is 0.790. The molecule has 116 valence electrons. The zero-order valence-corrected chi connectivity index (χ0v) is 14.0. The van der Waals surface area contributed by atoms with Gasteiger partial charge in [0.05, 0.1) is 18.2 Å². The highest BCUT2D eigenvalue weighted by molar-refractivity contribution is 6.06. The van der Waals surface area contributed by atoms with E-state index in [9.17, 15) is 4.79 Å². The van der Waals surface area contributed by atoms with Gasteiger partial charge in [0.15, 0.2) is 5.78 Å². The van der Waals surface area contributed by atoms with Crippen molar-refractivity contribution >= 4 is 5.78 Å². The number of likely N-dealkylation sites (N-methyl/N-ethyl adjacent to an activating group) is 1. The smallest absolute Gasteiger partial charge is 0.187 e. The fraction of sp³-hybridized carbons (Fsp3) is 0.611. The predicted octanol–water partition coefficient (Wildman–Crippen LogP) is 3.76. The number of aryl methyl sites for hydroxylation is 2. The largest absolute Gasteiger partial charge is 0.496 e. The summed E-state index contributed by atoms with van der Waals surface area (Å²) in [6.07, 6.45) is 5.35. The summed E-state index contributed by atoms with van der Waals surface area (Å²) in [5.74, 6) is 0.936. The number of benzene rings is 1. The van der Waals surface area contributed by atoms with Gasteiger partial charge in [0.2, 0.25) is 0 Å². The van der Waals surface area contributed by atoms with Crippen molar-refractivity contribution in [2.24, 2.45) is 0 Å². The second-order valence-corrected chi connectivity index (χ2v) is 6.47. The lowest BCUT2D eigenvalue weighted by Gasteiger charge is -2.42.